The van der Waals surface area contributed by atoms with E-state index < -0.39 is 12.1 Å². The molecule has 1 unspecified atom stereocenters. The average molecular weight is 260 g/mol. The van der Waals surface area contributed by atoms with Gasteiger partial charge < -0.3 is 21.2 Å². The van der Waals surface area contributed by atoms with Crippen molar-refractivity contribution in [1.29, 1.82) is 0 Å². The molecule has 0 aliphatic carbocycles. The molecule has 1 aromatic rings. The zero-order valence-electron chi connectivity index (χ0n) is 7.23. The second kappa shape index (κ2) is 6.95. The number of benzene rings is 1. The summed E-state index contributed by atoms with van der Waals surface area (Å²) in [5.74, 6) is -1.48. The zero-order chi connectivity index (χ0) is 8.27. The van der Waals surface area contributed by atoms with Crippen LogP contribution in [-0.4, -0.2) is 11.1 Å². The van der Waals surface area contributed by atoms with Crippen molar-refractivity contribution in [2.24, 2.45) is 0 Å². The normalized spacial score (nSPS) is 10.5. The van der Waals surface area contributed by atoms with E-state index in [1.54, 1.807) is 18.2 Å². The van der Waals surface area contributed by atoms with Gasteiger partial charge in [0.25, 0.3) is 0 Å². The van der Waals surface area contributed by atoms with Crippen LogP contribution in [0, 0.1) is 0 Å². The van der Waals surface area contributed by atoms with E-state index in [1.807, 2.05) is 0 Å². The monoisotopic (exact) mass is 259 g/mol. The standard InChI is InChI=1S/C8H8O3.H3N.Zr/c9-7(8(10)11)6-4-2-1-3-5-6;;/h1-5,7,9H,(H,10,11);1H3;/q;;+2. The molecule has 5 N–H and O–H groups in total. The maximum Gasteiger partial charge on any atom is 2.00 e. The van der Waals surface area contributed by atoms with Gasteiger partial charge in [0.2, 0.25) is 0 Å². The number of hydrogen-bond acceptors (Lipinski definition) is 3. The SMILES string of the molecule is O=C([O-])C(O)c1ccccc1.[NH4+].[Zr+2]. The minimum absolute atomic E-state index is 0. The molecule has 5 heteroatoms. The predicted molar refractivity (Wildman–Crippen MR) is 42.4 cm³/mol. The summed E-state index contributed by atoms with van der Waals surface area (Å²) in [5.41, 5.74) is 0.340. The third-order valence-electron chi connectivity index (χ3n) is 1.34. The second-order valence-corrected chi connectivity index (χ2v) is 2.13. The van der Waals surface area contributed by atoms with Crippen LogP contribution in [-0.2, 0) is 31.0 Å². The summed E-state index contributed by atoms with van der Waals surface area (Å²) in [7, 11) is 0. The van der Waals surface area contributed by atoms with E-state index in [0.717, 1.165) is 0 Å². The molecule has 0 saturated heterocycles. The van der Waals surface area contributed by atoms with Crippen LogP contribution >= 0.6 is 0 Å². The van der Waals surface area contributed by atoms with Crippen LogP contribution in [0.15, 0.2) is 30.3 Å². The summed E-state index contributed by atoms with van der Waals surface area (Å²) in [6, 6.07) is 8.11. The maximum absolute atomic E-state index is 10.1. The molecule has 1 atom stereocenters. The first-order valence-corrected chi connectivity index (χ1v) is 3.15. The van der Waals surface area contributed by atoms with Crippen LogP contribution < -0.4 is 11.3 Å². The Morgan fingerprint density at radius 1 is 1.31 bits per heavy atom. The smallest absolute Gasteiger partial charge is 0.547 e. The number of aliphatic carboxylic acids is 1. The average Bonchev–Trinajstić information content (AvgIpc) is 2.05. The number of carboxylic acids is 1. The van der Waals surface area contributed by atoms with Gasteiger partial charge in [-0.2, -0.15) is 0 Å². The van der Waals surface area contributed by atoms with E-state index in [-0.39, 0.29) is 32.4 Å². The molecule has 13 heavy (non-hydrogen) atoms. The van der Waals surface area contributed by atoms with Crippen LogP contribution in [0.4, 0.5) is 0 Å². The molecule has 1 rings (SSSR count). The van der Waals surface area contributed by atoms with Crippen LogP contribution in [0.3, 0.4) is 0 Å². The molecular weight excluding hydrogens is 249 g/mol. The van der Waals surface area contributed by atoms with E-state index in [0.29, 0.717) is 5.56 Å². The van der Waals surface area contributed by atoms with E-state index in [2.05, 4.69) is 0 Å². The summed E-state index contributed by atoms with van der Waals surface area (Å²) in [6.45, 7) is 0. The maximum atomic E-state index is 10.1. The largest absolute Gasteiger partial charge is 2.00 e. The van der Waals surface area contributed by atoms with Gasteiger partial charge in [0, 0.05) is 0 Å². The van der Waals surface area contributed by atoms with Crippen LogP contribution in [0.2, 0.25) is 0 Å². The summed E-state index contributed by atoms with van der Waals surface area (Å²) in [5, 5.41) is 19.1. The van der Waals surface area contributed by atoms with E-state index in [4.69, 9.17) is 5.11 Å². The first kappa shape index (κ1) is 15.0. The second-order valence-electron chi connectivity index (χ2n) is 2.13. The number of carboxylic acid groups (broad SMARTS) is 1. The van der Waals surface area contributed by atoms with Crippen molar-refractivity contribution >= 4 is 5.97 Å². The fraction of sp³-hybridized carbons (Fsp3) is 0.125. The third-order valence-corrected chi connectivity index (χ3v) is 1.34. The molecule has 68 valence electrons. The van der Waals surface area contributed by atoms with Gasteiger partial charge in [0.1, 0.15) is 6.10 Å². The van der Waals surface area contributed by atoms with Gasteiger partial charge in [-0.1, -0.05) is 30.3 Å². The van der Waals surface area contributed by atoms with Gasteiger partial charge in [0.15, 0.2) is 0 Å². The molecule has 4 nitrogen and oxygen atoms in total. The van der Waals surface area contributed by atoms with Gasteiger partial charge in [-0.15, -0.1) is 0 Å². The van der Waals surface area contributed by atoms with Gasteiger partial charge in [-0.25, -0.2) is 0 Å². The Kier molecular flexibility index (Phi) is 8.01. The van der Waals surface area contributed by atoms with Gasteiger partial charge in [-0.05, 0) is 5.56 Å². The molecule has 1 aromatic carbocycles. The number of quaternary nitrogens is 1. The number of aliphatic hydroxyl groups is 1. The number of carbonyl (C=O) groups excluding carboxylic acids is 1. The Balaban J connectivity index is 0. The van der Waals surface area contributed by atoms with Crippen molar-refractivity contribution in [2.75, 3.05) is 0 Å². The summed E-state index contributed by atoms with van der Waals surface area (Å²) < 4.78 is 0. The Labute approximate surface area is 95.3 Å². The minimum Gasteiger partial charge on any atom is -0.547 e. The molecule has 0 radical (unpaired) electrons. The molecule has 0 fully saturated rings. The van der Waals surface area contributed by atoms with Crippen LogP contribution in [0.25, 0.3) is 0 Å². The van der Waals surface area contributed by atoms with E-state index in [9.17, 15) is 9.90 Å². The van der Waals surface area contributed by atoms with Crippen molar-refractivity contribution in [3.05, 3.63) is 35.9 Å². The Morgan fingerprint density at radius 3 is 2.15 bits per heavy atom. The molecular formula is C8H11NO3Zr+2. The Hall–Kier alpha value is -0.507. The van der Waals surface area contributed by atoms with Gasteiger partial charge in [-0.3, -0.25) is 0 Å². The molecule has 0 saturated carbocycles. The first-order valence-electron chi connectivity index (χ1n) is 3.15. The fourth-order valence-electron chi connectivity index (χ4n) is 0.771. The van der Waals surface area contributed by atoms with Crippen LogP contribution in [0.5, 0.6) is 0 Å². The molecule has 0 aliphatic rings. The van der Waals surface area contributed by atoms with Crippen molar-refractivity contribution < 1.29 is 41.2 Å². The number of carbonyl (C=O) groups is 1. The van der Waals surface area contributed by atoms with Crippen molar-refractivity contribution in [2.45, 2.75) is 6.10 Å². The fourth-order valence-corrected chi connectivity index (χ4v) is 0.771. The predicted octanol–water partition coefficient (Wildman–Crippen LogP) is -0.156. The summed E-state index contributed by atoms with van der Waals surface area (Å²) in [4.78, 5) is 10.1. The molecule has 0 bridgehead atoms. The van der Waals surface area contributed by atoms with Crippen molar-refractivity contribution in [1.82, 2.24) is 6.15 Å². The first-order chi connectivity index (χ1) is 5.22. The number of hydrogen-bond donors (Lipinski definition) is 2. The molecule has 0 amide bonds. The summed E-state index contributed by atoms with van der Waals surface area (Å²) in [6.07, 6.45) is -1.52. The molecule has 0 aliphatic heterocycles. The molecule has 0 spiro atoms. The Morgan fingerprint density at radius 2 is 1.77 bits per heavy atom. The van der Waals surface area contributed by atoms with Crippen molar-refractivity contribution in [3.8, 4) is 0 Å². The topological polar surface area (TPSA) is 96.9 Å². The van der Waals surface area contributed by atoms with E-state index in [1.165, 1.54) is 12.1 Å². The van der Waals surface area contributed by atoms with Crippen LogP contribution in [0.1, 0.15) is 11.7 Å². The van der Waals surface area contributed by atoms with Gasteiger partial charge >= 0.3 is 26.2 Å². The third kappa shape index (κ3) is 4.31. The summed E-state index contributed by atoms with van der Waals surface area (Å²) >= 11 is 0. The Bertz CT molecular complexity index is 253. The van der Waals surface area contributed by atoms with E-state index >= 15 is 0 Å². The number of aliphatic hydroxyl groups excluding tert-OH is 1. The van der Waals surface area contributed by atoms with Gasteiger partial charge in [0.05, 0.1) is 5.97 Å². The zero-order valence-corrected chi connectivity index (χ0v) is 9.69. The molecule has 0 heterocycles. The quantitative estimate of drug-likeness (QED) is 0.773. The van der Waals surface area contributed by atoms with Crippen molar-refractivity contribution in [3.63, 3.8) is 0 Å². The number of rotatable bonds is 2. The minimum atomic E-state index is -1.52. The molecule has 0 aromatic heterocycles.